The summed E-state index contributed by atoms with van der Waals surface area (Å²) >= 11 is 0. The van der Waals surface area contributed by atoms with Gasteiger partial charge in [-0.05, 0) is 49.2 Å². The molecule has 5 rings (SSSR count). The van der Waals surface area contributed by atoms with Gasteiger partial charge in [0.05, 0.1) is 32.4 Å². The normalized spacial score (nSPS) is 21.4. The predicted molar refractivity (Wildman–Crippen MR) is 128 cm³/mol. The number of para-hydroxylation sites is 2. The van der Waals surface area contributed by atoms with Gasteiger partial charge < -0.3 is 24.4 Å². The maximum Gasteiger partial charge on any atom is 0.258 e. The lowest BCUT2D eigenvalue weighted by atomic mass is 9.87. The van der Waals surface area contributed by atoms with Crippen LogP contribution in [0.15, 0.2) is 66.7 Å². The zero-order valence-corrected chi connectivity index (χ0v) is 19.1. The summed E-state index contributed by atoms with van der Waals surface area (Å²) in [5, 5.41) is 11.5. The highest BCUT2D eigenvalue weighted by Gasteiger charge is 2.44. The van der Waals surface area contributed by atoms with Crippen molar-refractivity contribution in [2.24, 2.45) is 0 Å². The Morgan fingerprint density at radius 1 is 0.939 bits per heavy atom. The fourth-order valence-corrected chi connectivity index (χ4v) is 5.18. The number of ether oxygens (including phenoxy) is 2. The van der Waals surface area contributed by atoms with Crippen molar-refractivity contribution in [1.29, 1.82) is 0 Å². The summed E-state index contributed by atoms with van der Waals surface area (Å²) in [5.74, 6) is 0.873. The zero-order valence-electron chi connectivity index (χ0n) is 19.1. The molecule has 0 bridgehead atoms. The van der Waals surface area contributed by atoms with Gasteiger partial charge >= 0.3 is 0 Å². The molecule has 1 N–H and O–H groups in total. The first kappa shape index (κ1) is 21.3. The predicted octanol–water partition coefficient (Wildman–Crippen LogP) is 4.22. The third-order valence-electron chi connectivity index (χ3n) is 6.85. The van der Waals surface area contributed by atoms with E-state index in [1.54, 1.807) is 37.3 Å². The Morgan fingerprint density at radius 3 is 2.39 bits per heavy atom. The number of amides is 1. The number of benzene rings is 3. The van der Waals surface area contributed by atoms with Gasteiger partial charge in [0.15, 0.2) is 11.5 Å². The first-order chi connectivity index (χ1) is 16.0. The van der Waals surface area contributed by atoms with Gasteiger partial charge in [0, 0.05) is 29.0 Å². The Hall–Kier alpha value is -3.51. The molecule has 0 aliphatic carbocycles. The second kappa shape index (κ2) is 8.45. The molecule has 3 unspecified atom stereocenters. The van der Waals surface area contributed by atoms with Crippen molar-refractivity contribution < 1.29 is 19.4 Å². The minimum absolute atomic E-state index is 0.185. The van der Waals surface area contributed by atoms with Crippen LogP contribution in [0.1, 0.15) is 34.5 Å². The molecule has 33 heavy (non-hydrogen) atoms. The van der Waals surface area contributed by atoms with E-state index >= 15 is 0 Å². The Morgan fingerprint density at radius 2 is 1.64 bits per heavy atom. The smallest absolute Gasteiger partial charge is 0.258 e. The lowest BCUT2D eigenvalue weighted by molar-refractivity contribution is 0.0839. The number of aliphatic hydroxyl groups excluding tert-OH is 1. The quantitative estimate of drug-likeness (QED) is 0.653. The van der Waals surface area contributed by atoms with E-state index in [1.165, 1.54) is 5.56 Å². The van der Waals surface area contributed by atoms with Crippen LogP contribution in [0, 0.1) is 0 Å². The van der Waals surface area contributed by atoms with Crippen LogP contribution < -0.4 is 19.3 Å². The lowest BCUT2D eigenvalue weighted by Gasteiger charge is -2.46. The highest BCUT2D eigenvalue weighted by Crippen LogP contribution is 2.45. The molecule has 0 aromatic heterocycles. The summed E-state index contributed by atoms with van der Waals surface area (Å²) < 4.78 is 10.7. The molecule has 1 amide bonds. The summed E-state index contributed by atoms with van der Waals surface area (Å²) in [7, 11) is 3.11. The molecular formula is C27H28N2O4. The van der Waals surface area contributed by atoms with Crippen LogP contribution in [-0.4, -0.2) is 43.9 Å². The van der Waals surface area contributed by atoms with Gasteiger partial charge in [-0.25, -0.2) is 0 Å². The Balaban J connectivity index is 1.57. The fourth-order valence-electron chi connectivity index (χ4n) is 5.18. The molecule has 2 aliphatic heterocycles. The third-order valence-corrected chi connectivity index (χ3v) is 6.85. The molecule has 2 aliphatic rings. The van der Waals surface area contributed by atoms with Gasteiger partial charge in [-0.3, -0.25) is 4.79 Å². The molecule has 170 valence electrons. The SMILES string of the molecule is COc1ccc(C(=O)N2c3ccccc3C(N3CCc4ccccc43)C(O)C2C)cc1OC. The van der Waals surface area contributed by atoms with E-state index in [4.69, 9.17) is 9.47 Å². The minimum atomic E-state index is -0.754. The summed E-state index contributed by atoms with van der Waals surface area (Å²) in [6, 6.07) is 20.7. The summed E-state index contributed by atoms with van der Waals surface area (Å²) in [5.41, 5.74) is 4.70. The van der Waals surface area contributed by atoms with Gasteiger partial charge in [-0.2, -0.15) is 0 Å². The number of nitrogens with zero attached hydrogens (tertiary/aromatic N) is 2. The Kier molecular flexibility index (Phi) is 5.46. The van der Waals surface area contributed by atoms with Crippen molar-refractivity contribution >= 4 is 17.3 Å². The number of carbonyl (C=O) groups excluding carboxylic acids is 1. The lowest BCUT2D eigenvalue weighted by Crippen LogP contribution is -2.55. The highest BCUT2D eigenvalue weighted by molar-refractivity contribution is 6.07. The van der Waals surface area contributed by atoms with Crippen LogP contribution in [0.4, 0.5) is 11.4 Å². The second-order valence-corrected chi connectivity index (χ2v) is 8.55. The van der Waals surface area contributed by atoms with Crippen LogP contribution in [0.3, 0.4) is 0 Å². The molecule has 6 nitrogen and oxygen atoms in total. The maximum atomic E-state index is 13.7. The summed E-state index contributed by atoms with van der Waals surface area (Å²) in [6.45, 7) is 2.75. The molecule has 0 fully saturated rings. The van der Waals surface area contributed by atoms with Crippen molar-refractivity contribution in [2.45, 2.75) is 31.5 Å². The number of hydrogen-bond donors (Lipinski definition) is 1. The van der Waals surface area contributed by atoms with E-state index in [0.29, 0.717) is 17.1 Å². The van der Waals surface area contributed by atoms with Crippen molar-refractivity contribution in [1.82, 2.24) is 0 Å². The van der Waals surface area contributed by atoms with E-state index < -0.39 is 12.1 Å². The van der Waals surface area contributed by atoms with Crippen LogP contribution in [0.25, 0.3) is 0 Å². The number of hydrogen-bond acceptors (Lipinski definition) is 5. The average molecular weight is 445 g/mol. The van der Waals surface area contributed by atoms with Gasteiger partial charge in [-0.15, -0.1) is 0 Å². The number of rotatable bonds is 4. The number of anilines is 2. The van der Waals surface area contributed by atoms with E-state index in [2.05, 4.69) is 23.1 Å². The van der Waals surface area contributed by atoms with E-state index in [0.717, 1.165) is 29.9 Å². The van der Waals surface area contributed by atoms with Crippen molar-refractivity contribution in [3.05, 3.63) is 83.4 Å². The molecule has 3 atom stereocenters. The van der Waals surface area contributed by atoms with Gasteiger partial charge in [0.25, 0.3) is 5.91 Å². The molecule has 0 radical (unpaired) electrons. The Labute approximate surface area is 194 Å². The number of aliphatic hydroxyl groups is 1. The Bertz CT molecular complexity index is 1190. The third kappa shape index (κ3) is 3.42. The number of fused-ring (bicyclic) bond motifs is 2. The molecule has 3 aromatic carbocycles. The zero-order chi connectivity index (χ0) is 23.1. The molecule has 3 aromatic rings. The van der Waals surface area contributed by atoms with Crippen LogP contribution in [0.5, 0.6) is 11.5 Å². The van der Waals surface area contributed by atoms with Gasteiger partial charge in [-0.1, -0.05) is 36.4 Å². The van der Waals surface area contributed by atoms with Crippen LogP contribution in [0.2, 0.25) is 0 Å². The number of carbonyl (C=O) groups is 1. The topological polar surface area (TPSA) is 62.2 Å². The number of methoxy groups -OCH3 is 2. The highest BCUT2D eigenvalue weighted by atomic mass is 16.5. The summed E-state index contributed by atoms with van der Waals surface area (Å²) in [4.78, 5) is 17.7. The van der Waals surface area contributed by atoms with Gasteiger partial charge in [0.2, 0.25) is 0 Å². The first-order valence-corrected chi connectivity index (χ1v) is 11.2. The molecule has 0 saturated carbocycles. The first-order valence-electron chi connectivity index (χ1n) is 11.2. The standard InChI is InChI=1S/C27H28N2O4/c1-17-26(30)25(28-15-14-18-8-4-6-10-21(18)28)20-9-5-7-11-22(20)29(17)27(31)19-12-13-23(32-2)24(16-19)33-3/h4-13,16-17,25-26,30H,14-15H2,1-3H3. The molecule has 0 spiro atoms. The molecular weight excluding hydrogens is 416 g/mol. The molecule has 2 heterocycles. The van der Waals surface area contributed by atoms with Crippen molar-refractivity contribution in [3.63, 3.8) is 0 Å². The average Bonchev–Trinajstić information content (AvgIpc) is 3.28. The monoisotopic (exact) mass is 444 g/mol. The van der Waals surface area contributed by atoms with Crippen molar-refractivity contribution in [2.75, 3.05) is 30.6 Å². The summed E-state index contributed by atoms with van der Waals surface area (Å²) in [6.07, 6.45) is 0.194. The largest absolute Gasteiger partial charge is 0.493 e. The maximum absolute atomic E-state index is 13.7. The second-order valence-electron chi connectivity index (χ2n) is 8.55. The molecule has 0 saturated heterocycles. The van der Waals surface area contributed by atoms with Crippen LogP contribution >= 0.6 is 0 Å². The van der Waals surface area contributed by atoms with E-state index in [-0.39, 0.29) is 11.9 Å². The van der Waals surface area contributed by atoms with Crippen LogP contribution in [-0.2, 0) is 6.42 Å². The minimum Gasteiger partial charge on any atom is -0.493 e. The van der Waals surface area contributed by atoms with E-state index in [1.807, 2.05) is 37.3 Å². The molecule has 6 heteroatoms. The fraction of sp³-hybridized carbons (Fsp3) is 0.296. The van der Waals surface area contributed by atoms with Crippen molar-refractivity contribution in [3.8, 4) is 11.5 Å². The van der Waals surface area contributed by atoms with E-state index in [9.17, 15) is 9.90 Å². The van der Waals surface area contributed by atoms with Gasteiger partial charge in [0.1, 0.15) is 0 Å².